The van der Waals surface area contributed by atoms with Gasteiger partial charge in [-0.1, -0.05) is 0 Å². The molecule has 4 heteroatoms. The van der Waals surface area contributed by atoms with Crippen molar-refractivity contribution < 1.29 is 0 Å². The zero-order valence-electron chi connectivity index (χ0n) is 12.1. The molecule has 4 aliphatic heterocycles. The Labute approximate surface area is 121 Å². The van der Waals surface area contributed by atoms with Gasteiger partial charge in [0.05, 0.1) is 5.69 Å². The van der Waals surface area contributed by atoms with E-state index in [2.05, 4.69) is 32.2 Å². The molecule has 2 bridgehead atoms. The molecule has 108 valence electrons. The molecule has 1 aromatic heterocycles. The van der Waals surface area contributed by atoms with E-state index in [9.17, 15) is 0 Å². The first-order valence-electron chi connectivity index (χ1n) is 8.09. The van der Waals surface area contributed by atoms with Gasteiger partial charge in [-0.3, -0.25) is 0 Å². The van der Waals surface area contributed by atoms with E-state index in [1.165, 1.54) is 56.8 Å². The van der Waals surface area contributed by atoms with Crippen molar-refractivity contribution in [3.63, 3.8) is 0 Å². The third kappa shape index (κ3) is 2.26. The minimum absolute atomic E-state index is 0.614. The highest BCUT2D eigenvalue weighted by molar-refractivity contribution is 5.66. The Balaban J connectivity index is 1.53. The van der Waals surface area contributed by atoms with Crippen molar-refractivity contribution in [3.05, 3.63) is 18.3 Å². The molecule has 0 amide bonds. The minimum Gasteiger partial charge on any atom is -0.378 e. The van der Waals surface area contributed by atoms with Crippen LogP contribution in [0.1, 0.15) is 25.7 Å². The van der Waals surface area contributed by atoms with Gasteiger partial charge in [-0.25, -0.2) is 4.98 Å². The van der Waals surface area contributed by atoms with Crippen molar-refractivity contribution >= 4 is 11.5 Å². The van der Waals surface area contributed by atoms with E-state index in [4.69, 9.17) is 0 Å². The maximum atomic E-state index is 4.64. The van der Waals surface area contributed by atoms with Crippen LogP contribution in [0.4, 0.5) is 11.5 Å². The van der Waals surface area contributed by atoms with Crippen LogP contribution in [0.15, 0.2) is 18.3 Å². The topological polar surface area (TPSA) is 31.4 Å². The van der Waals surface area contributed by atoms with Crippen LogP contribution in [0.5, 0.6) is 0 Å². The summed E-state index contributed by atoms with van der Waals surface area (Å²) in [7, 11) is 0. The van der Waals surface area contributed by atoms with Crippen molar-refractivity contribution in [2.45, 2.75) is 31.7 Å². The molecule has 0 saturated carbocycles. The zero-order chi connectivity index (χ0) is 13.4. The summed E-state index contributed by atoms with van der Waals surface area (Å²) in [5.41, 5.74) is 1.24. The number of piperidine rings is 3. The summed E-state index contributed by atoms with van der Waals surface area (Å²) in [5, 5.41) is 3.81. The molecule has 4 nitrogen and oxygen atoms in total. The van der Waals surface area contributed by atoms with Gasteiger partial charge in [-0.05, 0) is 56.8 Å². The molecule has 1 atom stereocenters. The Morgan fingerprint density at radius 1 is 1.10 bits per heavy atom. The predicted octanol–water partition coefficient (Wildman–Crippen LogP) is 2.19. The van der Waals surface area contributed by atoms with Crippen LogP contribution in [-0.4, -0.2) is 48.6 Å². The van der Waals surface area contributed by atoms with Gasteiger partial charge in [0.25, 0.3) is 0 Å². The number of nitrogens with zero attached hydrogens (tertiary/aromatic N) is 3. The summed E-state index contributed by atoms with van der Waals surface area (Å²) in [6.07, 6.45) is 7.25. The molecule has 1 unspecified atom stereocenters. The smallest absolute Gasteiger partial charge is 0.151 e. The Bertz CT molecular complexity index is 461. The number of pyridine rings is 1. The lowest BCUT2D eigenvalue weighted by Gasteiger charge is -2.45. The molecule has 0 aromatic carbocycles. The molecule has 0 spiro atoms. The van der Waals surface area contributed by atoms with Crippen LogP contribution < -0.4 is 10.2 Å². The first-order valence-corrected chi connectivity index (χ1v) is 8.09. The lowest BCUT2D eigenvalue weighted by molar-refractivity contribution is 0.0975. The van der Waals surface area contributed by atoms with Crippen LogP contribution in [0.25, 0.3) is 0 Å². The zero-order valence-corrected chi connectivity index (χ0v) is 12.1. The standard InChI is InChI=1S/C16H24N4/c1-2-9-20(8-1)16-14(4-3-7-17-16)18-15-12-19-10-5-13(15)6-11-19/h3-4,7,13,15,18H,1-2,5-6,8-12H2. The quantitative estimate of drug-likeness (QED) is 0.914. The molecule has 1 aromatic rings. The number of hydrogen-bond acceptors (Lipinski definition) is 4. The van der Waals surface area contributed by atoms with Gasteiger partial charge in [0.15, 0.2) is 5.82 Å². The van der Waals surface area contributed by atoms with Crippen LogP contribution in [-0.2, 0) is 0 Å². The van der Waals surface area contributed by atoms with Crippen molar-refractivity contribution in [2.75, 3.05) is 42.9 Å². The van der Waals surface area contributed by atoms with E-state index in [0.717, 1.165) is 19.0 Å². The molecule has 20 heavy (non-hydrogen) atoms. The summed E-state index contributed by atoms with van der Waals surface area (Å²) >= 11 is 0. The average Bonchev–Trinajstić information content (AvgIpc) is 3.03. The lowest BCUT2D eigenvalue weighted by Crippen LogP contribution is -2.53. The summed E-state index contributed by atoms with van der Waals surface area (Å²) in [4.78, 5) is 9.67. The Kier molecular flexibility index (Phi) is 3.26. The highest BCUT2D eigenvalue weighted by atomic mass is 15.2. The normalized spacial score (nSPS) is 32.6. The SMILES string of the molecule is c1cnc(N2CCCC2)c(NC2CN3CCC2CC3)c1. The Hall–Kier alpha value is -1.29. The van der Waals surface area contributed by atoms with Crippen molar-refractivity contribution in [2.24, 2.45) is 5.92 Å². The average molecular weight is 272 g/mol. The monoisotopic (exact) mass is 272 g/mol. The van der Waals surface area contributed by atoms with Crippen molar-refractivity contribution in [1.29, 1.82) is 0 Å². The molecule has 5 rings (SSSR count). The van der Waals surface area contributed by atoms with Crippen molar-refractivity contribution in [3.8, 4) is 0 Å². The number of anilines is 2. The molecule has 4 aliphatic rings. The third-order valence-electron chi connectivity index (χ3n) is 5.19. The second kappa shape index (κ2) is 5.24. The van der Waals surface area contributed by atoms with Gasteiger partial charge < -0.3 is 15.1 Å². The first kappa shape index (κ1) is 12.5. The number of rotatable bonds is 3. The molecule has 0 radical (unpaired) electrons. The third-order valence-corrected chi connectivity index (χ3v) is 5.19. The fourth-order valence-corrected chi connectivity index (χ4v) is 4.02. The van der Waals surface area contributed by atoms with E-state index in [1.807, 2.05) is 6.20 Å². The van der Waals surface area contributed by atoms with E-state index >= 15 is 0 Å². The van der Waals surface area contributed by atoms with Gasteiger partial charge in [0.1, 0.15) is 0 Å². The first-order chi connectivity index (χ1) is 9.90. The fourth-order valence-electron chi connectivity index (χ4n) is 4.02. The Morgan fingerprint density at radius 2 is 1.90 bits per heavy atom. The maximum Gasteiger partial charge on any atom is 0.151 e. The number of hydrogen-bond donors (Lipinski definition) is 1. The maximum absolute atomic E-state index is 4.64. The van der Waals surface area contributed by atoms with E-state index in [0.29, 0.717) is 6.04 Å². The van der Waals surface area contributed by atoms with Crippen LogP contribution in [0.3, 0.4) is 0 Å². The molecule has 1 N–H and O–H groups in total. The van der Waals surface area contributed by atoms with Gasteiger partial charge >= 0.3 is 0 Å². The largest absolute Gasteiger partial charge is 0.378 e. The second-order valence-electron chi connectivity index (χ2n) is 6.46. The summed E-state index contributed by atoms with van der Waals surface area (Å²) in [6, 6.07) is 4.88. The van der Waals surface area contributed by atoms with Crippen molar-refractivity contribution in [1.82, 2.24) is 9.88 Å². The highest BCUT2D eigenvalue weighted by Gasteiger charge is 2.34. The number of fused-ring (bicyclic) bond motifs is 3. The van der Waals surface area contributed by atoms with Gasteiger partial charge in [0.2, 0.25) is 0 Å². The lowest BCUT2D eigenvalue weighted by atomic mass is 9.84. The molecule has 4 fully saturated rings. The summed E-state index contributed by atoms with van der Waals surface area (Å²) in [5.74, 6) is 2.02. The van der Waals surface area contributed by atoms with E-state index < -0.39 is 0 Å². The van der Waals surface area contributed by atoms with Gasteiger partial charge in [-0.15, -0.1) is 0 Å². The summed E-state index contributed by atoms with van der Waals surface area (Å²) in [6.45, 7) is 6.13. The number of aromatic nitrogens is 1. The van der Waals surface area contributed by atoms with Crippen LogP contribution in [0, 0.1) is 5.92 Å². The second-order valence-corrected chi connectivity index (χ2v) is 6.46. The highest BCUT2D eigenvalue weighted by Crippen LogP contribution is 2.32. The number of nitrogens with one attached hydrogen (secondary N) is 1. The van der Waals surface area contributed by atoms with Gasteiger partial charge in [0, 0.05) is 31.9 Å². The molecule has 0 aliphatic carbocycles. The van der Waals surface area contributed by atoms with E-state index in [-0.39, 0.29) is 0 Å². The molecular weight excluding hydrogens is 248 g/mol. The fraction of sp³-hybridized carbons (Fsp3) is 0.688. The Morgan fingerprint density at radius 3 is 2.60 bits per heavy atom. The van der Waals surface area contributed by atoms with Gasteiger partial charge in [-0.2, -0.15) is 0 Å². The van der Waals surface area contributed by atoms with Crippen LogP contribution in [0.2, 0.25) is 0 Å². The summed E-state index contributed by atoms with van der Waals surface area (Å²) < 4.78 is 0. The van der Waals surface area contributed by atoms with Crippen LogP contribution >= 0.6 is 0 Å². The molecular formula is C16H24N4. The predicted molar refractivity (Wildman–Crippen MR) is 82.3 cm³/mol. The molecule has 4 saturated heterocycles. The minimum atomic E-state index is 0.614. The molecule has 5 heterocycles. The van der Waals surface area contributed by atoms with E-state index in [1.54, 1.807) is 0 Å².